The predicted octanol–water partition coefficient (Wildman–Crippen LogP) is 0.849. The van der Waals surface area contributed by atoms with Gasteiger partial charge in [0, 0.05) is 25.7 Å². The van der Waals surface area contributed by atoms with Crippen molar-refractivity contribution in [3.63, 3.8) is 0 Å². The fourth-order valence-corrected chi connectivity index (χ4v) is 2.44. The van der Waals surface area contributed by atoms with Crippen molar-refractivity contribution >= 4 is 0 Å². The number of nitrogens with zero attached hydrogens (tertiary/aromatic N) is 1. The first-order chi connectivity index (χ1) is 6.86. The molecule has 2 fully saturated rings. The minimum atomic E-state index is 0.495. The maximum atomic E-state index is 5.75. The summed E-state index contributed by atoms with van der Waals surface area (Å²) in [5.41, 5.74) is 0. The third-order valence-electron chi connectivity index (χ3n) is 3.42. The van der Waals surface area contributed by atoms with Crippen molar-refractivity contribution in [2.75, 3.05) is 33.3 Å². The Balaban J connectivity index is 1.72. The standard InChI is InChI=1S/C11H22N2O/c1-13(10-5-6-12-8-10)9-11-4-2-3-7-14-11/h10-12H,2-9H2,1H3/t10-,11?/m0/s1. The Morgan fingerprint density at radius 2 is 2.29 bits per heavy atom. The van der Waals surface area contributed by atoms with Crippen LogP contribution in [0.1, 0.15) is 25.7 Å². The molecule has 0 radical (unpaired) electrons. The number of rotatable bonds is 3. The molecule has 0 bridgehead atoms. The van der Waals surface area contributed by atoms with Gasteiger partial charge in [0.25, 0.3) is 0 Å². The van der Waals surface area contributed by atoms with Gasteiger partial charge in [0.05, 0.1) is 6.10 Å². The molecule has 2 aliphatic rings. The zero-order valence-electron chi connectivity index (χ0n) is 9.17. The molecule has 2 aliphatic heterocycles. The molecule has 2 heterocycles. The van der Waals surface area contributed by atoms with E-state index >= 15 is 0 Å². The molecule has 0 aromatic carbocycles. The number of likely N-dealkylation sites (N-methyl/N-ethyl adjacent to an activating group) is 1. The van der Waals surface area contributed by atoms with Crippen molar-refractivity contribution in [3.05, 3.63) is 0 Å². The van der Waals surface area contributed by atoms with Gasteiger partial charge in [-0.3, -0.25) is 4.90 Å². The van der Waals surface area contributed by atoms with Gasteiger partial charge in [0.2, 0.25) is 0 Å². The second kappa shape index (κ2) is 5.10. The van der Waals surface area contributed by atoms with Crippen LogP contribution < -0.4 is 5.32 Å². The van der Waals surface area contributed by atoms with Crippen LogP contribution in [0.2, 0.25) is 0 Å². The molecule has 1 unspecified atom stereocenters. The molecule has 14 heavy (non-hydrogen) atoms. The van der Waals surface area contributed by atoms with Gasteiger partial charge in [-0.15, -0.1) is 0 Å². The lowest BCUT2D eigenvalue weighted by Gasteiger charge is -2.30. The lowest BCUT2D eigenvalue weighted by molar-refractivity contribution is -0.00684. The maximum Gasteiger partial charge on any atom is 0.0702 e. The molecule has 0 aliphatic carbocycles. The van der Waals surface area contributed by atoms with Crippen LogP contribution in [0.5, 0.6) is 0 Å². The van der Waals surface area contributed by atoms with E-state index in [9.17, 15) is 0 Å². The summed E-state index contributed by atoms with van der Waals surface area (Å²) in [6.07, 6.45) is 5.65. The Hall–Kier alpha value is -0.120. The summed E-state index contributed by atoms with van der Waals surface area (Å²) in [5.74, 6) is 0. The predicted molar refractivity (Wildman–Crippen MR) is 57.5 cm³/mol. The van der Waals surface area contributed by atoms with Crippen molar-refractivity contribution < 1.29 is 4.74 Å². The Morgan fingerprint density at radius 1 is 1.36 bits per heavy atom. The molecular formula is C11H22N2O. The second-order valence-corrected chi connectivity index (χ2v) is 4.57. The Labute approximate surface area is 86.8 Å². The fraction of sp³-hybridized carbons (Fsp3) is 1.00. The average Bonchev–Trinajstić information content (AvgIpc) is 2.72. The first kappa shape index (κ1) is 10.4. The van der Waals surface area contributed by atoms with E-state index in [1.807, 2.05) is 0 Å². The highest BCUT2D eigenvalue weighted by atomic mass is 16.5. The van der Waals surface area contributed by atoms with Crippen LogP contribution >= 0.6 is 0 Å². The molecule has 2 rings (SSSR count). The third kappa shape index (κ3) is 2.69. The van der Waals surface area contributed by atoms with Crippen LogP contribution in [-0.2, 0) is 4.74 Å². The summed E-state index contributed by atoms with van der Waals surface area (Å²) in [4.78, 5) is 2.47. The van der Waals surface area contributed by atoms with Gasteiger partial charge in [-0.1, -0.05) is 0 Å². The van der Waals surface area contributed by atoms with Crippen molar-refractivity contribution in [1.82, 2.24) is 10.2 Å². The Morgan fingerprint density at radius 3 is 2.93 bits per heavy atom. The highest BCUT2D eigenvalue weighted by molar-refractivity contribution is 4.80. The average molecular weight is 198 g/mol. The smallest absolute Gasteiger partial charge is 0.0702 e. The quantitative estimate of drug-likeness (QED) is 0.727. The molecule has 82 valence electrons. The zero-order chi connectivity index (χ0) is 9.80. The topological polar surface area (TPSA) is 24.5 Å². The number of hydrogen-bond acceptors (Lipinski definition) is 3. The van der Waals surface area contributed by atoms with Crippen LogP contribution in [0.25, 0.3) is 0 Å². The van der Waals surface area contributed by atoms with Crippen LogP contribution in [0.3, 0.4) is 0 Å². The summed E-state index contributed by atoms with van der Waals surface area (Å²) in [6, 6.07) is 0.737. The molecule has 1 N–H and O–H groups in total. The highest BCUT2D eigenvalue weighted by Crippen LogP contribution is 2.15. The SMILES string of the molecule is CN(CC1CCCCO1)[C@H]1CCNC1. The summed E-state index contributed by atoms with van der Waals surface area (Å²) < 4.78 is 5.75. The van der Waals surface area contributed by atoms with E-state index < -0.39 is 0 Å². The van der Waals surface area contributed by atoms with Gasteiger partial charge in [0.15, 0.2) is 0 Å². The fourth-order valence-electron chi connectivity index (χ4n) is 2.44. The number of nitrogens with one attached hydrogen (secondary N) is 1. The van der Waals surface area contributed by atoms with E-state index in [1.54, 1.807) is 0 Å². The van der Waals surface area contributed by atoms with E-state index in [1.165, 1.54) is 32.2 Å². The Kier molecular flexibility index (Phi) is 3.79. The molecular weight excluding hydrogens is 176 g/mol. The van der Waals surface area contributed by atoms with Gasteiger partial charge in [-0.2, -0.15) is 0 Å². The zero-order valence-corrected chi connectivity index (χ0v) is 9.17. The van der Waals surface area contributed by atoms with E-state index in [0.29, 0.717) is 6.10 Å². The molecule has 0 aromatic rings. The molecule has 3 nitrogen and oxygen atoms in total. The normalized spacial score (nSPS) is 33.9. The minimum absolute atomic E-state index is 0.495. The van der Waals surface area contributed by atoms with Gasteiger partial charge >= 0.3 is 0 Å². The Bertz CT molecular complexity index is 163. The van der Waals surface area contributed by atoms with Crippen LogP contribution in [0, 0.1) is 0 Å². The first-order valence-corrected chi connectivity index (χ1v) is 5.89. The molecule has 3 heteroatoms. The van der Waals surface area contributed by atoms with Gasteiger partial charge in [0.1, 0.15) is 0 Å². The first-order valence-electron chi connectivity index (χ1n) is 5.89. The van der Waals surface area contributed by atoms with E-state index in [2.05, 4.69) is 17.3 Å². The van der Waals surface area contributed by atoms with Crippen LogP contribution in [-0.4, -0.2) is 50.3 Å². The maximum absolute atomic E-state index is 5.75. The molecule has 2 atom stereocenters. The van der Waals surface area contributed by atoms with Crippen molar-refractivity contribution in [3.8, 4) is 0 Å². The van der Waals surface area contributed by atoms with Gasteiger partial charge < -0.3 is 10.1 Å². The summed E-state index contributed by atoms with van der Waals surface area (Å²) in [5, 5.41) is 3.41. The number of hydrogen-bond donors (Lipinski definition) is 1. The minimum Gasteiger partial charge on any atom is -0.377 e. The van der Waals surface area contributed by atoms with Crippen LogP contribution in [0.15, 0.2) is 0 Å². The van der Waals surface area contributed by atoms with Crippen molar-refractivity contribution in [2.45, 2.75) is 37.8 Å². The summed E-state index contributed by atoms with van der Waals surface area (Å²) in [6.45, 7) is 4.43. The third-order valence-corrected chi connectivity index (χ3v) is 3.42. The summed E-state index contributed by atoms with van der Waals surface area (Å²) in [7, 11) is 2.23. The molecule has 2 saturated heterocycles. The summed E-state index contributed by atoms with van der Waals surface area (Å²) >= 11 is 0. The largest absolute Gasteiger partial charge is 0.377 e. The lowest BCUT2D eigenvalue weighted by Crippen LogP contribution is -2.40. The van der Waals surface area contributed by atoms with Gasteiger partial charge in [-0.25, -0.2) is 0 Å². The lowest BCUT2D eigenvalue weighted by atomic mass is 10.1. The van der Waals surface area contributed by atoms with E-state index in [0.717, 1.165) is 25.7 Å². The monoisotopic (exact) mass is 198 g/mol. The molecule has 0 spiro atoms. The molecule has 0 saturated carbocycles. The number of ether oxygens (including phenoxy) is 1. The van der Waals surface area contributed by atoms with Crippen LogP contribution in [0.4, 0.5) is 0 Å². The van der Waals surface area contributed by atoms with Crippen molar-refractivity contribution in [2.24, 2.45) is 0 Å². The highest BCUT2D eigenvalue weighted by Gasteiger charge is 2.23. The van der Waals surface area contributed by atoms with Crippen molar-refractivity contribution in [1.29, 1.82) is 0 Å². The second-order valence-electron chi connectivity index (χ2n) is 4.57. The van der Waals surface area contributed by atoms with E-state index in [4.69, 9.17) is 4.74 Å². The molecule has 0 aromatic heterocycles. The molecule has 0 amide bonds. The van der Waals surface area contributed by atoms with Gasteiger partial charge in [-0.05, 0) is 39.3 Å². The van der Waals surface area contributed by atoms with E-state index in [-0.39, 0.29) is 0 Å².